The number of alkyl halides is 6. The van der Waals surface area contributed by atoms with Crippen LogP contribution in [0.15, 0.2) is 72.8 Å². The summed E-state index contributed by atoms with van der Waals surface area (Å²) >= 11 is 0. The highest BCUT2D eigenvalue weighted by Crippen LogP contribution is 2.53. The van der Waals surface area contributed by atoms with Gasteiger partial charge in [0.05, 0.1) is 0 Å². The second-order valence-corrected chi connectivity index (χ2v) is 6.84. The van der Waals surface area contributed by atoms with Crippen LogP contribution in [0, 0.1) is 11.8 Å². The molecule has 160 valence electrons. The zero-order chi connectivity index (χ0) is 22.2. The molecule has 3 nitrogen and oxygen atoms in total. The molecule has 0 fully saturated rings. The van der Waals surface area contributed by atoms with Gasteiger partial charge in [-0.05, 0) is 42.5 Å². The van der Waals surface area contributed by atoms with Crippen molar-refractivity contribution in [3.05, 3.63) is 78.4 Å². The molecule has 1 aliphatic carbocycles. The molecule has 0 aliphatic heterocycles. The van der Waals surface area contributed by atoms with Gasteiger partial charge in [-0.15, -0.1) is 0 Å². The van der Waals surface area contributed by atoms with Crippen molar-refractivity contribution in [2.45, 2.75) is 18.0 Å². The highest BCUT2D eigenvalue weighted by Gasteiger charge is 2.64. The second kappa shape index (κ2) is 7.62. The molecule has 0 aromatic heterocycles. The maximum absolute atomic E-state index is 13.6. The lowest BCUT2D eigenvalue weighted by atomic mass is 9.71. The third kappa shape index (κ3) is 4.24. The Kier molecular flexibility index (Phi) is 5.49. The highest BCUT2D eigenvalue weighted by molar-refractivity contribution is 5.44. The van der Waals surface area contributed by atoms with Crippen molar-refractivity contribution >= 4 is 5.69 Å². The zero-order valence-corrected chi connectivity index (χ0v) is 15.3. The number of nitrogen functional groups attached to an aromatic ring is 1. The molecule has 0 radical (unpaired) electrons. The Labute approximate surface area is 168 Å². The Balaban J connectivity index is 2.21. The number of rotatable bonds is 4. The van der Waals surface area contributed by atoms with Crippen molar-refractivity contribution in [3.8, 4) is 11.5 Å². The van der Waals surface area contributed by atoms with E-state index in [-0.39, 0.29) is 17.1 Å². The van der Waals surface area contributed by atoms with Crippen LogP contribution in [0.2, 0.25) is 0 Å². The molecule has 2 aromatic carbocycles. The van der Waals surface area contributed by atoms with Crippen LogP contribution in [0.3, 0.4) is 0 Å². The number of hydrogen-bond acceptors (Lipinski definition) is 3. The molecule has 0 saturated carbocycles. The molecule has 2 atom stereocenters. The van der Waals surface area contributed by atoms with E-state index in [1.165, 1.54) is 54.6 Å². The van der Waals surface area contributed by atoms with Gasteiger partial charge < -0.3 is 15.6 Å². The summed E-state index contributed by atoms with van der Waals surface area (Å²) in [5, 5.41) is 9.55. The fourth-order valence-electron chi connectivity index (χ4n) is 3.49. The minimum Gasteiger partial charge on any atom is -0.508 e. The van der Waals surface area contributed by atoms with Gasteiger partial charge in [0.25, 0.3) is 0 Å². The molecule has 0 heterocycles. The first-order valence-electron chi connectivity index (χ1n) is 8.77. The number of nitrogens with two attached hydrogens (primary N) is 1. The first kappa shape index (κ1) is 21.6. The summed E-state index contributed by atoms with van der Waals surface area (Å²) < 4.78 is 87.6. The summed E-state index contributed by atoms with van der Waals surface area (Å²) in [4.78, 5) is 0. The number of aromatic hydroxyl groups is 1. The molecular weight excluding hydrogens is 412 g/mol. The predicted molar refractivity (Wildman–Crippen MR) is 98.6 cm³/mol. The Morgan fingerprint density at radius 2 is 1.43 bits per heavy atom. The van der Waals surface area contributed by atoms with Crippen LogP contribution in [0.25, 0.3) is 0 Å². The third-order valence-corrected chi connectivity index (χ3v) is 4.82. The van der Waals surface area contributed by atoms with E-state index in [1.54, 1.807) is 0 Å². The number of allylic oxidation sites excluding steroid dienone is 2. The van der Waals surface area contributed by atoms with Crippen LogP contribution in [-0.4, -0.2) is 17.5 Å². The van der Waals surface area contributed by atoms with E-state index in [2.05, 4.69) is 0 Å². The van der Waals surface area contributed by atoms with Crippen LogP contribution in [-0.2, 0) is 5.60 Å². The van der Waals surface area contributed by atoms with E-state index >= 15 is 0 Å². The normalized spacial score (nSPS) is 21.8. The SMILES string of the molecule is Nc1ccc(OC2(c3ccc(O)cc3)C=CC=CC2C(C(F)(F)F)C(F)(F)F)cc1. The first-order chi connectivity index (χ1) is 13.9. The summed E-state index contributed by atoms with van der Waals surface area (Å²) in [5.41, 5.74) is 3.82. The Hall–Kier alpha value is -3.10. The standard InChI is InChI=1S/C21H17F6NO2/c22-20(23,24)18(21(25,26)27)17-3-1-2-12-19(17,13-4-8-15(29)9-5-13)30-16-10-6-14(28)7-11-16/h1-12,17-18,29H,28H2. The Morgan fingerprint density at radius 3 is 1.97 bits per heavy atom. The number of anilines is 1. The summed E-state index contributed by atoms with van der Waals surface area (Å²) in [6.07, 6.45) is -6.71. The van der Waals surface area contributed by atoms with Gasteiger partial charge >= 0.3 is 12.4 Å². The van der Waals surface area contributed by atoms with Crippen molar-refractivity contribution < 1.29 is 36.2 Å². The van der Waals surface area contributed by atoms with Gasteiger partial charge in [-0.25, -0.2) is 0 Å². The van der Waals surface area contributed by atoms with E-state index in [0.717, 1.165) is 18.2 Å². The van der Waals surface area contributed by atoms with Crippen molar-refractivity contribution in [2.24, 2.45) is 11.8 Å². The zero-order valence-electron chi connectivity index (χ0n) is 15.3. The molecule has 3 rings (SSSR count). The second-order valence-electron chi connectivity index (χ2n) is 6.84. The maximum Gasteiger partial charge on any atom is 0.401 e. The van der Waals surface area contributed by atoms with E-state index < -0.39 is 29.8 Å². The van der Waals surface area contributed by atoms with Crippen molar-refractivity contribution in [3.63, 3.8) is 0 Å². The molecular formula is C21H17F6NO2. The van der Waals surface area contributed by atoms with Crippen molar-refractivity contribution in [1.29, 1.82) is 0 Å². The van der Waals surface area contributed by atoms with Gasteiger partial charge in [0, 0.05) is 17.2 Å². The van der Waals surface area contributed by atoms with Gasteiger partial charge in [-0.2, -0.15) is 26.3 Å². The number of phenolic OH excluding ortho intramolecular Hbond substituents is 1. The van der Waals surface area contributed by atoms with E-state index in [9.17, 15) is 31.4 Å². The van der Waals surface area contributed by atoms with Crippen molar-refractivity contribution in [1.82, 2.24) is 0 Å². The van der Waals surface area contributed by atoms with Crippen LogP contribution < -0.4 is 10.5 Å². The smallest absolute Gasteiger partial charge is 0.401 e. The van der Waals surface area contributed by atoms with Crippen LogP contribution in [0.5, 0.6) is 11.5 Å². The molecule has 0 bridgehead atoms. The molecule has 0 spiro atoms. The van der Waals surface area contributed by atoms with Gasteiger partial charge in [0.2, 0.25) is 0 Å². The maximum atomic E-state index is 13.6. The van der Waals surface area contributed by atoms with Gasteiger partial charge in [-0.1, -0.05) is 30.4 Å². The van der Waals surface area contributed by atoms with Gasteiger partial charge in [-0.3, -0.25) is 0 Å². The molecule has 2 unspecified atom stereocenters. The molecule has 0 amide bonds. The lowest BCUT2D eigenvalue weighted by molar-refractivity contribution is -0.304. The number of hydrogen-bond donors (Lipinski definition) is 2. The lowest BCUT2D eigenvalue weighted by Crippen LogP contribution is -2.52. The van der Waals surface area contributed by atoms with Crippen LogP contribution in [0.4, 0.5) is 32.0 Å². The number of phenols is 1. The summed E-state index contributed by atoms with van der Waals surface area (Å²) in [6.45, 7) is 0. The minimum absolute atomic E-state index is 0.0150. The summed E-state index contributed by atoms with van der Waals surface area (Å²) in [6, 6.07) is 10.4. The first-order valence-corrected chi connectivity index (χ1v) is 8.77. The number of ether oxygens (including phenoxy) is 1. The van der Waals surface area contributed by atoms with E-state index in [0.29, 0.717) is 5.69 Å². The topological polar surface area (TPSA) is 55.5 Å². The van der Waals surface area contributed by atoms with Gasteiger partial charge in [0.1, 0.15) is 11.5 Å². The van der Waals surface area contributed by atoms with E-state index in [1.807, 2.05) is 0 Å². The average Bonchev–Trinajstić information content (AvgIpc) is 2.63. The average molecular weight is 429 g/mol. The van der Waals surface area contributed by atoms with Crippen molar-refractivity contribution in [2.75, 3.05) is 5.73 Å². The quantitative estimate of drug-likeness (QED) is 0.482. The van der Waals surface area contributed by atoms with E-state index in [4.69, 9.17) is 10.5 Å². The predicted octanol–water partition coefficient (Wildman–Crippen LogP) is 5.73. The minimum atomic E-state index is -5.58. The molecule has 0 saturated heterocycles. The Bertz CT molecular complexity index is 918. The molecule has 30 heavy (non-hydrogen) atoms. The molecule has 9 heteroatoms. The lowest BCUT2D eigenvalue weighted by Gasteiger charge is -2.43. The fourth-order valence-corrected chi connectivity index (χ4v) is 3.49. The Morgan fingerprint density at radius 1 is 0.867 bits per heavy atom. The summed E-state index contributed by atoms with van der Waals surface area (Å²) in [5.74, 6) is -6.01. The molecule has 3 N–H and O–H groups in total. The molecule has 1 aliphatic rings. The van der Waals surface area contributed by atoms with Gasteiger partial charge in [0.15, 0.2) is 11.5 Å². The number of halogens is 6. The highest BCUT2D eigenvalue weighted by atomic mass is 19.4. The third-order valence-electron chi connectivity index (χ3n) is 4.82. The fraction of sp³-hybridized carbons (Fsp3) is 0.238. The molecule has 2 aromatic rings. The monoisotopic (exact) mass is 429 g/mol. The number of benzene rings is 2. The van der Waals surface area contributed by atoms with Crippen LogP contribution in [0.1, 0.15) is 5.56 Å². The largest absolute Gasteiger partial charge is 0.508 e. The summed E-state index contributed by atoms with van der Waals surface area (Å²) in [7, 11) is 0. The van der Waals surface area contributed by atoms with Crippen LogP contribution >= 0.6 is 0 Å².